The van der Waals surface area contributed by atoms with Crippen molar-refractivity contribution in [2.75, 3.05) is 0 Å². The summed E-state index contributed by atoms with van der Waals surface area (Å²) in [6, 6.07) is 0. The standard InChI is InChI=1S/C2H4Br2N2/c3-1(4)2(5)6/h5-6H2. The average Bonchev–Trinajstić information content (AvgIpc) is 1.36. The highest BCUT2D eigenvalue weighted by atomic mass is 79.9. The fraction of sp³-hybridized carbons (Fsp3) is 0. The molecule has 4 heteroatoms. The van der Waals surface area contributed by atoms with E-state index in [-0.39, 0.29) is 5.82 Å². The second kappa shape index (κ2) is 2.47. The Kier molecular flexibility index (Phi) is 2.59. The van der Waals surface area contributed by atoms with Gasteiger partial charge in [-0.05, 0) is 31.9 Å². The van der Waals surface area contributed by atoms with E-state index in [0.29, 0.717) is 3.39 Å². The topological polar surface area (TPSA) is 52.0 Å². The zero-order valence-electron chi connectivity index (χ0n) is 2.91. The fourth-order valence-electron chi connectivity index (χ4n) is 0. The lowest BCUT2D eigenvalue weighted by atomic mass is 10.9. The lowest BCUT2D eigenvalue weighted by Crippen LogP contribution is -2.07. The first-order chi connectivity index (χ1) is 2.64. The van der Waals surface area contributed by atoms with E-state index < -0.39 is 0 Å². The minimum Gasteiger partial charge on any atom is -0.384 e. The van der Waals surface area contributed by atoms with Crippen LogP contribution < -0.4 is 11.5 Å². The molecule has 0 spiro atoms. The molecule has 2 nitrogen and oxygen atoms in total. The van der Waals surface area contributed by atoms with E-state index >= 15 is 0 Å². The molecular formula is C2H4Br2N2. The van der Waals surface area contributed by atoms with Gasteiger partial charge in [0, 0.05) is 0 Å². The Morgan fingerprint density at radius 1 is 1.17 bits per heavy atom. The highest BCUT2D eigenvalue weighted by molar-refractivity contribution is 9.28. The lowest BCUT2D eigenvalue weighted by molar-refractivity contribution is 1.26. The van der Waals surface area contributed by atoms with Crippen molar-refractivity contribution in [2.45, 2.75) is 0 Å². The van der Waals surface area contributed by atoms with Crippen molar-refractivity contribution in [3.05, 3.63) is 9.21 Å². The van der Waals surface area contributed by atoms with Gasteiger partial charge < -0.3 is 11.5 Å². The van der Waals surface area contributed by atoms with Crippen molar-refractivity contribution >= 4 is 31.9 Å². The third kappa shape index (κ3) is 2.53. The first kappa shape index (κ1) is 6.30. The third-order valence-electron chi connectivity index (χ3n) is 0.218. The van der Waals surface area contributed by atoms with Crippen LogP contribution in [-0.4, -0.2) is 0 Å². The van der Waals surface area contributed by atoms with Crippen LogP contribution in [0.4, 0.5) is 0 Å². The largest absolute Gasteiger partial charge is 0.384 e. The van der Waals surface area contributed by atoms with Gasteiger partial charge in [-0.3, -0.25) is 0 Å². The summed E-state index contributed by atoms with van der Waals surface area (Å²) in [7, 11) is 0. The van der Waals surface area contributed by atoms with Crippen LogP contribution in [0.2, 0.25) is 0 Å². The Balaban J connectivity index is 3.68. The smallest absolute Gasteiger partial charge is 0.115 e. The van der Waals surface area contributed by atoms with E-state index in [1.807, 2.05) is 0 Å². The second-order valence-corrected chi connectivity index (χ2v) is 3.37. The van der Waals surface area contributed by atoms with Gasteiger partial charge in [-0.2, -0.15) is 0 Å². The molecule has 0 rings (SSSR count). The molecule has 0 radical (unpaired) electrons. The number of halogens is 2. The normalized spacial score (nSPS) is 7.67. The minimum atomic E-state index is 0.259. The summed E-state index contributed by atoms with van der Waals surface area (Å²) in [5.41, 5.74) is 10.00. The first-order valence-corrected chi connectivity index (χ1v) is 2.79. The van der Waals surface area contributed by atoms with E-state index in [1.54, 1.807) is 0 Å². The minimum absolute atomic E-state index is 0.259. The molecule has 0 aliphatic carbocycles. The van der Waals surface area contributed by atoms with Gasteiger partial charge in [-0.25, -0.2) is 0 Å². The zero-order chi connectivity index (χ0) is 5.15. The molecule has 0 aromatic rings. The van der Waals surface area contributed by atoms with Gasteiger partial charge in [0.2, 0.25) is 0 Å². The molecule has 4 N–H and O–H groups in total. The van der Waals surface area contributed by atoms with Crippen molar-refractivity contribution in [3.8, 4) is 0 Å². The number of hydrogen-bond acceptors (Lipinski definition) is 2. The zero-order valence-corrected chi connectivity index (χ0v) is 6.08. The van der Waals surface area contributed by atoms with Gasteiger partial charge in [-0.1, -0.05) is 0 Å². The van der Waals surface area contributed by atoms with Crippen LogP contribution in [0, 0.1) is 0 Å². The quantitative estimate of drug-likeness (QED) is 0.629. The number of nitrogens with two attached hydrogens (primary N) is 2. The molecule has 0 amide bonds. The maximum atomic E-state index is 5.00. The molecule has 0 atom stereocenters. The van der Waals surface area contributed by atoms with Gasteiger partial charge in [0.25, 0.3) is 0 Å². The molecule has 0 heterocycles. The highest BCUT2D eigenvalue weighted by Gasteiger charge is 1.82. The van der Waals surface area contributed by atoms with Crippen LogP contribution >= 0.6 is 31.9 Å². The van der Waals surface area contributed by atoms with Crippen molar-refractivity contribution in [2.24, 2.45) is 11.5 Å². The predicted molar refractivity (Wildman–Crippen MR) is 33.3 cm³/mol. The Labute approximate surface area is 52.8 Å². The molecule has 6 heavy (non-hydrogen) atoms. The molecule has 0 fully saturated rings. The van der Waals surface area contributed by atoms with Crippen molar-refractivity contribution in [3.63, 3.8) is 0 Å². The van der Waals surface area contributed by atoms with Gasteiger partial charge in [0.05, 0.1) is 3.39 Å². The van der Waals surface area contributed by atoms with Gasteiger partial charge >= 0.3 is 0 Å². The van der Waals surface area contributed by atoms with Crippen molar-refractivity contribution < 1.29 is 0 Å². The first-order valence-electron chi connectivity index (χ1n) is 1.21. The molecule has 0 aliphatic heterocycles. The Morgan fingerprint density at radius 2 is 1.33 bits per heavy atom. The van der Waals surface area contributed by atoms with E-state index in [0.717, 1.165) is 0 Å². The van der Waals surface area contributed by atoms with E-state index in [9.17, 15) is 0 Å². The number of hydrogen-bond donors (Lipinski definition) is 2. The number of rotatable bonds is 0. The maximum absolute atomic E-state index is 5.00. The summed E-state index contributed by atoms with van der Waals surface area (Å²) in [4.78, 5) is 0. The van der Waals surface area contributed by atoms with Crippen molar-refractivity contribution in [1.29, 1.82) is 0 Å². The van der Waals surface area contributed by atoms with Gasteiger partial charge in [0.15, 0.2) is 0 Å². The summed E-state index contributed by atoms with van der Waals surface area (Å²) in [5.74, 6) is 0.259. The molecule has 0 saturated carbocycles. The summed E-state index contributed by atoms with van der Waals surface area (Å²) >= 11 is 5.97. The molecular weight excluding hydrogens is 212 g/mol. The van der Waals surface area contributed by atoms with Gasteiger partial charge in [0.1, 0.15) is 5.82 Å². The molecule has 0 bridgehead atoms. The van der Waals surface area contributed by atoms with Crippen LogP contribution in [-0.2, 0) is 0 Å². The van der Waals surface area contributed by atoms with Crippen molar-refractivity contribution in [1.82, 2.24) is 0 Å². The van der Waals surface area contributed by atoms with Crippen LogP contribution in [0.15, 0.2) is 9.21 Å². The summed E-state index contributed by atoms with van der Waals surface area (Å²) in [6.45, 7) is 0. The van der Waals surface area contributed by atoms with E-state index in [4.69, 9.17) is 11.5 Å². The molecule has 0 aliphatic rings. The lowest BCUT2D eigenvalue weighted by Gasteiger charge is -1.85. The van der Waals surface area contributed by atoms with Crippen LogP contribution in [0.3, 0.4) is 0 Å². The van der Waals surface area contributed by atoms with Crippen LogP contribution in [0.5, 0.6) is 0 Å². The van der Waals surface area contributed by atoms with Crippen LogP contribution in [0.25, 0.3) is 0 Å². The van der Waals surface area contributed by atoms with Crippen LogP contribution in [0.1, 0.15) is 0 Å². The molecule has 0 saturated heterocycles. The van der Waals surface area contributed by atoms with Gasteiger partial charge in [-0.15, -0.1) is 0 Å². The summed E-state index contributed by atoms with van der Waals surface area (Å²) in [5, 5.41) is 0. The Hall–Kier alpha value is 0.300. The molecule has 36 valence electrons. The second-order valence-electron chi connectivity index (χ2n) is 0.716. The SMILES string of the molecule is NC(N)=C(Br)Br. The van der Waals surface area contributed by atoms with E-state index in [2.05, 4.69) is 31.9 Å². The maximum Gasteiger partial charge on any atom is 0.115 e. The van der Waals surface area contributed by atoms with E-state index in [1.165, 1.54) is 0 Å². The third-order valence-corrected chi connectivity index (χ3v) is 1.13. The summed E-state index contributed by atoms with van der Waals surface area (Å²) < 4.78 is 0.606. The molecule has 0 aromatic carbocycles. The highest BCUT2D eigenvalue weighted by Crippen LogP contribution is 2.11. The summed E-state index contributed by atoms with van der Waals surface area (Å²) in [6.07, 6.45) is 0. The molecule has 0 aromatic heterocycles. The Bertz CT molecular complexity index is 59.6. The molecule has 0 unspecified atom stereocenters. The average molecular weight is 216 g/mol. The fourth-order valence-corrected chi connectivity index (χ4v) is 0. The predicted octanol–water partition coefficient (Wildman–Crippen LogP) is 0.820. The Morgan fingerprint density at radius 3 is 1.33 bits per heavy atom. The monoisotopic (exact) mass is 214 g/mol.